The van der Waals surface area contributed by atoms with Crippen molar-refractivity contribution in [3.8, 4) is 0 Å². The van der Waals surface area contributed by atoms with Crippen molar-refractivity contribution in [3.63, 3.8) is 0 Å². The van der Waals surface area contributed by atoms with E-state index in [0.717, 1.165) is 0 Å². The molecule has 17 heavy (non-hydrogen) atoms. The molecule has 0 aromatic heterocycles. The van der Waals surface area contributed by atoms with Crippen LogP contribution in [-0.4, -0.2) is 0 Å². The zero-order chi connectivity index (χ0) is 12.6. The van der Waals surface area contributed by atoms with Crippen molar-refractivity contribution < 1.29 is 0 Å². The number of rotatable bonds is 11. The van der Waals surface area contributed by atoms with Gasteiger partial charge in [0.2, 0.25) is 0 Å². The molecule has 0 nitrogen and oxygen atoms in total. The summed E-state index contributed by atoms with van der Waals surface area (Å²) in [5, 5.41) is 0. The van der Waals surface area contributed by atoms with E-state index < -0.39 is 0 Å². The van der Waals surface area contributed by atoms with E-state index >= 15 is 0 Å². The van der Waals surface area contributed by atoms with Crippen molar-refractivity contribution in [2.75, 3.05) is 0 Å². The predicted octanol–water partition coefficient (Wildman–Crippen LogP) is 5.78. The fourth-order valence-electron chi connectivity index (χ4n) is 1.65. The van der Waals surface area contributed by atoms with Gasteiger partial charge in [-0.3, -0.25) is 0 Å². The molecule has 0 heterocycles. The van der Waals surface area contributed by atoms with Crippen LogP contribution in [0.15, 0.2) is 42.5 Å². The topological polar surface area (TPSA) is 0 Å². The van der Waals surface area contributed by atoms with Crippen LogP contribution >= 0.6 is 0 Å². The van der Waals surface area contributed by atoms with Gasteiger partial charge in [-0.15, -0.1) is 0 Å². The summed E-state index contributed by atoms with van der Waals surface area (Å²) in [6, 6.07) is 0. The van der Waals surface area contributed by atoms with Crippen LogP contribution in [-0.2, 0) is 0 Å². The molecule has 0 aromatic rings. The van der Waals surface area contributed by atoms with Crippen molar-refractivity contribution in [2.45, 2.75) is 58.3 Å². The van der Waals surface area contributed by atoms with E-state index in [2.05, 4.69) is 19.1 Å². The highest BCUT2D eigenvalue weighted by atomic mass is 13.9. The Hall–Kier alpha value is -1.04. The lowest BCUT2D eigenvalue weighted by Gasteiger charge is -1.98. The molecular formula is C17H27. The number of allylic oxidation sites excluding steroid dienone is 7. The highest BCUT2D eigenvalue weighted by molar-refractivity contribution is 5.13. The zero-order valence-electron chi connectivity index (χ0n) is 11.3. The van der Waals surface area contributed by atoms with Crippen LogP contribution < -0.4 is 0 Å². The normalized spacial score (nSPS) is 12.1. The van der Waals surface area contributed by atoms with Gasteiger partial charge in [0, 0.05) is 0 Å². The van der Waals surface area contributed by atoms with E-state index in [1.54, 1.807) is 0 Å². The van der Waals surface area contributed by atoms with E-state index in [4.69, 9.17) is 6.58 Å². The van der Waals surface area contributed by atoms with Crippen LogP contribution in [0.4, 0.5) is 0 Å². The molecule has 0 bridgehead atoms. The molecule has 0 aliphatic carbocycles. The zero-order valence-corrected chi connectivity index (χ0v) is 11.3. The molecule has 0 rings (SSSR count). The summed E-state index contributed by atoms with van der Waals surface area (Å²) in [6.45, 7) is 7.47. The first-order valence-electron chi connectivity index (χ1n) is 6.95. The van der Waals surface area contributed by atoms with E-state index in [1.807, 2.05) is 24.3 Å². The molecule has 0 atom stereocenters. The van der Waals surface area contributed by atoms with Crippen molar-refractivity contribution in [3.05, 3.63) is 49.1 Å². The Balaban J connectivity index is 3.21. The Morgan fingerprint density at radius 2 is 1.29 bits per heavy atom. The van der Waals surface area contributed by atoms with Gasteiger partial charge < -0.3 is 0 Å². The second-order valence-electron chi connectivity index (χ2n) is 4.30. The highest BCUT2D eigenvalue weighted by Crippen LogP contribution is 2.08. The molecule has 0 aromatic carbocycles. The van der Waals surface area contributed by atoms with Gasteiger partial charge in [-0.05, 0) is 12.8 Å². The molecule has 0 saturated heterocycles. The molecule has 0 N–H and O–H groups in total. The number of hydrogen-bond acceptors (Lipinski definition) is 0. The number of unbranched alkanes of at least 4 members (excludes halogenated alkanes) is 7. The Labute approximate surface area is 108 Å². The largest absolute Gasteiger partial charge is 0.0845 e. The minimum Gasteiger partial charge on any atom is -0.0845 e. The minimum absolute atomic E-state index is 1.20. The summed E-state index contributed by atoms with van der Waals surface area (Å²) in [4.78, 5) is 0. The van der Waals surface area contributed by atoms with E-state index in [-0.39, 0.29) is 0 Å². The molecule has 0 saturated carbocycles. The fraction of sp³-hybridized carbons (Fsp3) is 0.529. The molecule has 0 unspecified atom stereocenters. The molecule has 0 aliphatic rings. The molecular weight excluding hydrogens is 204 g/mol. The lowest BCUT2D eigenvalue weighted by atomic mass is 10.1. The lowest BCUT2D eigenvalue weighted by Crippen LogP contribution is -1.78. The van der Waals surface area contributed by atoms with Gasteiger partial charge in [0.05, 0.1) is 0 Å². The molecule has 0 amide bonds. The summed E-state index contributed by atoms with van der Waals surface area (Å²) in [6.07, 6.45) is 24.5. The summed E-state index contributed by atoms with van der Waals surface area (Å²) in [5.41, 5.74) is 0. The van der Waals surface area contributed by atoms with E-state index in [9.17, 15) is 0 Å². The first-order chi connectivity index (χ1) is 8.41. The third-order valence-corrected chi connectivity index (χ3v) is 2.67. The van der Waals surface area contributed by atoms with Gasteiger partial charge in [0.15, 0.2) is 0 Å². The van der Waals surface area contributed by atoms with Gasteiger partial charge in [-0.2, -0.15) is 0 Å². The smallest absolute Gasteiger partial charge is 0.0348 e. The molecule has 1 radical (unpaired) electrons. The van der Waals surface area contributed by atoms with Gasteiger partial charge in [0.25, 0.3) is 0 Å². The van der Waals surface area contributed by atoms with E-state index in [0.29, 0.717) is 0 Å². The molecule has 0 fully saturated rings. The van der Waals surface area contributed by atoms with Crippen LogP contribution in [0.5, 0.6) is 0 Å². The Morgan fingerprint density at radius 3 is 2.00 bits per heavy atom. The average Bonchev–Trinajstić information content (AvgIpc) is 2.35. The Bertz CT molecular complexity index is 230. The standard InChI is InChI=1S/C17H27/c1-3-5-7-9-11-13-15-17-16-14-12-10-8-6-4-2/h1,3,5,7,9,11,13,15H,4,6,8,10,12,14,16-17H2,2H3. The van der Waals surface area contributed by atoms with Crippen LogP contribution in [0.1, 0.15) is 58.3 Å². The predicted molar refractivity (Wildman–Crippen MR) is 78.9 cm³/mol. The summed E-state index contributed by atoms with van der Waals surface area (Å²) in [7, 11) is 0. The summed E-state index contributed by atoms with van der Waals surface area (Å²) < 4.78 is 0. The first-order valence-corrected chi connectivity index (χ1v) is 6.95. The summed E-state index contributed by atoms with van der Waals surface area (Å²) in [5.74, 6) is 0. The van der Waals surface area contributed by atoms with Gasteiger partial charge >= 0.3 is 0 Å². The quantitative estimate of drug-likeness (QED) is 0.312. The Kier molecular flexibility index (Phi) is 14.0. The maximum Gasteiger partial charge on any atom is -0.0348 e. The van der Waals surface area contributed by atoms with Gasteiger partial charge in [-0.1, -0.05) is 94.6 Å². The van der Waals surface area contributed by atoms with Crippen molar-refractivity contribution >= 4 is 0 Å². The second kappa shape index (κ2) is 15.0. The van der Waals surface area contributed by atoms with Gasteiger partial charge in [-0.25, -0.2) is 0 Å². The number of hydrogen-bond donors (Lipinski definition) is 0. The average molecular weight is 231 g/mol. The van der Waals surface area contributed by atoms with Crippen LogP contribution in [0, 0.1) is 6.58 Å². The fourth-order valence-corrected chi connectivity index (χ4v) is 1.65. The van der Waals surface area contributed by atoms with Crippen LogP contribution in [0.25, 0.3) is 0 Å². The summed E-state index contributed by atoms with van der Waals surface area (Å²) >= 11 is 0. The highest BCUT2D eigenvalue weighted by Gasteiger charge is 1.88. The van der Waals surface area contributed by atoms with E-state index in [1.165, 1.54) is 57.4 Å². The third kappa shape index (κ3) is 15.0. The van der Waals surface area contributed by atoms with Crippen LogP contribution in [0.3, 0.4) is 0 Å². The maximum absolute atomic E-state index is 5.20. The van der Waals surface area contributed by atoms with Crippen LogP contribution in [0.2, 0.25) is 0 Å². The first kappa shape index (κ1) is 16.0. The molecule has 0 heteroatoms. The Morgan fingerprint density at radius 1 is 0.706 bits per heavy atom. The second-order valence-corrected chi connectivity index (χ2v) is 4.30. The SMILES string of the molecule is [CH]=CC=CC=CC=CCCCCCCCCC. The van der Waals surface area contributed by atoms with Gasteiger partial charge in [0.1, 0.15) is 0 Å². The maximum atomic E-state index is 5.20. The third-order valence-electron chi connectivity index (χ3n) is 2.67. The minimum atomic E-state index is 1.20. The van der Waals surface area contributed by atoms with Crippen molar-refractivity contribution in [1.82, 2.24) is 0 Å². The molecule has 0 aliphatic heterocycles. The van der Waals surface area contributed by atoms with Crippen molar-refractivity contribution in [1.29, 1.82) is 0 Å². The van der Waals surface area contributed by atoms with Crippen molar-refractivity contribution in [2.24, 2.45) is 0 Å². The molecule has 0 spiro atoms. The molecule has 95 valence electrons. The lowest BCUT2D eigenvalue weighted by molar-refractivity contribution is 0.592. The monoisotopic (exact) mass is 231 g/mol.